The van der Waals surface area contributed by atoms with Crippen molar-refractivity contribution in [2.24, 2.45) is 0 Å². The maximum atomic E-state index is 14.9. The van der Waals surface area contributed by atoms with Gasteiger partial charge in [0, 0.05) is 54.4 Å². The molecule has 8 aliphatic heterocycles. The van der Waals surface area contributed by atoms with Crippen molar-refractivity contribution in [1.29, 1.82) is 0 Å². The number of hydrogen-bond acceptors (Lipinski definition) is 16. The van der Waals surface area contributed by atoms with Gasteiger partial charge in [0.15, 0.2) is 40.0 Å². The van der Waals surface area contributed by atoms with E-state index in [1.165, 1.54) is 33.1 Å². The minimum atomic E-state index is -1.55. The number of nitrogens with one attached hydrogen (secondary N) is 1. The van der Waals surface area contributed by atoms with Gasteiger partial charge in [0.05, 0.1) is 38.7 Å². The van der Waals surface area contributed by atoms with Crippen molar-refractivity contribution >= 4 is 23.7 Å². The van der Waals surface area contributed by atoms with E-state index in [4.69, 9.17) is 33.2 Å². The number of likely N-dealkylation sites (N-methyl/N-ethyl adjacent to an activating group) is 1. The topological polar surface area (TPSA) is 178 Å². The van der Waals surface area contributed by atoms with Gasteiger partial charge in [-0.1, -0.05) is 38.7 Å². The molecule has 0 amide bonds. The molecule has 1 spiro atoms. The van der Waals surface area contributed by atoms with Crippen LogP contribution in [0.5, 0.6) is 46.0 Å². The van der Waals surface area contributed by atoms with Crippen LogP contribution in [0.25, 0.3) is 0 Å². The lowest BCUT2D eigenvalue weighted by Crippen LogP contribution is -2.70. The summed E-state index contributed by atoms with van der Waals surface area (Å²) in [4.78, 5) is 33.0. The van der Waals surface area contributed by atoms with Crippen LogP contribution in [-0.2, 0) is 32.7 Å². The summed E-state index contributed by atoms with van der Waals surface area (Å²) in [5.74, 6) is 0.713. The van der Waals surface area contributed by atoms with Gasteiger partial charge >= 0.3 is 11.9 Å². The predicted octanol–water partition coefficient (Wildman–Crippen LogP) is 5.46. The summed E-state index contributed by atoms with van der Waals surface area (Å²) in [6.07, 6.45) is 5.61. The van der Waals surface area contributed by atoms with Gasteiger partial charge in [0.2, 0.25) is 18.3 Å². The van der Waals surface area contributed by atoms with E-state index in [9.17, 15) is 24.9 Å². The lowest BCUT2D eigenvalue weighted by Gasteiger charge is -2.60. The van der Waals surface area contributed by atoms with E-state index in [2.05, 4.69) is 17.1 Å². The quantitative estimate of drug-likeness (QED) is 0.115. The molecule has 11 rings (SSSR count). The molecule has 8 aliphatic rings. The number of methoxy groups -OCH3 is 3. The Morgan fingerprint density at radius 2 is 1.72 bits per heavy atom. The van der Waals surface area contributed by atoms with E-state index in [1.807, 2.05) is 24.9 Å². The van der Waals surface area contributed by atoms with Crippen LogP contribution >= 0.6 is 11.8 Å². The number of aryl methyl sites for hydroxylation is 1. The summed E-state index contributed by atoms with van der Waals surface area (Å²) in [7, 11) is 6.43. The first kappa shape index (κ1) is 41.7. The number of ether oxygens (including phenoxy) is 7. The number of unbranched alkanes of at least 4 members (excludes halogenated alkanes) is 4. The molecule has 16 heteroatoms. The second kappa shape index (κ2) is 15.9. The zero-order chi connectivity index (χ0) is 43.0. The summed E-state index contributed by atoms with van der Waals surface area (Å²) < 4.78 is 42.8. The van der Waals surface area contributed by atoms with Crippen LogP contribution in [0.3, 0.4) is 0 Å². The lowest BCUT2D eigenvalue weighted by molar-refractivity contribution is -0.215. The van der Waals surface area contributed by atoms with Crippen LogP contribution < -0.4 is 33.7 Å². The number of rotatable bonds is 10. The standard InChI is InChI=1S/C45H55N3O12S/c1-7-8-9-10-11-12-30(50)60-39-33-32(38-41(40(39)56-6)59-22-58-38)27-19-57-43(52)45(26-17-29(54-4)28(49)16-24(26)13-14-46-45)21-61-42(33)35-34-31-25(15-23(2)37(55-5)36(31)51)18-44(53,48(27)35)20-47(34)3/h15-17,27,34-35,42,46,49,51,53H,7-14,18-22H2,1-6H3/t27-,34?,35+,42+,44?,45+/m0/s1. The molecule has 4 N–H and O–H groups in total. The predicted molar refractivity (Wildman–Crippen MR) is 224 cm³/mol. The Balaban J connectivity index is 1.29. The molecular weight excluding hydrogens is 807 g/mol. The van der Waals surface area contributed by atoms with Crippen LogP contribution in [0.4, 0.5) is 0 Å². The maximum Gasteiger partial charge on any atom is 0.331 e. The van der Waals surface area contributed by atoms with Gasteiger partial charge in [0.25, 0.3) is 0 Å². The number of carbonyl (C=O) groups excluding carboxylic acids is 2. The third-order valence-corrected chi connectivity index (χ3v) is 15.0. The molecule has 0 aliphatic carbocycles. The summed E-state index contributed by atoms with van der Waals surface area (Å²) in [5.41, 5.74) is 1.75. The van der Waals surface area contributed by atoms with Crippen LogP contribution in [0.2, 0.25) is 0 Å². The minimum absolute atomic E-state index is 0.00527. The second-order valence-corrected chi connectivity index (χ2v) is 18.2. The van der Waals surface area contributed by atoms with E-state index in [-0.39, 0.29) is 73.0 Å². The van der Waals surface area contributed by atoms with E-state index >= 15 is 0 Å². The molecule has 4 bridgehead atoms. The number of aliphatic hydroxyl groups is 1. The van der Waals surface area contributed by atoms with Gasteiger partial charge in [-0.05, 0) is 61.2 Å². The van der Waals surface area contributed by atoms with Gasteiger partial charge in [-0.15, -0.1) is 11.8 Å². The fourth-order valence-electron chi connectivity index (χ4n) is 11.0. The van der Waals surface area contributed by atoms with Gasteiger partial charge in [-0.25, -0.2) is 4.79 Å². The van der Waals surface area contributed by atoms with E-state index in [1.54, 1.807) is 12.1 Å². The molecule has 0 radical (unpaired) electrons. The molecule has 8 heterocycles. The number of hydrogen-bond donors (Lipinski definition) is 4. The molecule has 2 saturated heterocycles. The van der Waals surface area contributed by atoms with Crippen molar-refractivity contribution in [3.63, 3.8) is 0 Å². The Hall–Kier alpha value is -4.61. The zero-order valence-corrected chi connectivity index (χ0v) is 36.4. The molecule has 3 aromatic carbocycles. The van der Waals surface area contributed by atoms with Crippen molar-refractivity contribution in [2.45, 2.75) is 99.9 Å². The number of carbonyl (C=O) groups is 2. The number of esters is 2. The Morgan fingerprint density at radius 3 is 2.48 bits per heavy atom. The highest BCUT2D eigenvalue weighted by atomic mass is 32.2. The number of aromatic hydroxyl groups is 2. The normalized spacial score (nSPS) is 28.2. The summed E-state index contributed by atoms with van der Waals surface area (Å²) in [6, 6.07) is 3.28. The highest BCUT2D eigenvalue weighted by molar-refractivity contribution is 7.99. The first-order valence-electron chi connectivity index (χ1n) is 21.2. The Bertz CT molecular complexity index is 2270. The monoisotopic (exact) mass is 861 g/mol. The average Bonchev–Trinajstić information content (AvgIpc) is 3.64. The fourth-order valence-corrected chi connectivity index (χ4v) is 12.7. The lowest BCUT2D eigenvalue weighted by atomic mass is 9.78. The molecule has 328 valence electrons. The smallest absolute Gasteiger partial charge is 0.331 e. The van der Waals surface area contributed by atoms with Gasteiger partial charge in [0.1, 0.15) is 12.3 Å². The third-order valence-electron chi connectivity index (χ3n) is 13.5. The van der Waals surface area contributed by atoms with Gasteiger partial charge < -0.3 is 48.5 Å². The number of thioether (sulfide) groups is 1. The maximum absolute atomic E-state index is 14.9. The number of phenolic OH excluding ortho intramolecular Hbond substituents is 2. The number of piperazine rings is 1. The number of nitrogens with zero attached hydrogens (tertiary/aromatic N) is 2. The second-order valence-electron chi connectivity index (χ2n) is 17.1. The van der Waals surface area contributed by atoms with Crippen molar-refractivity contribution in [3.8, 4) is 46.0 Å². The largest absolute Gasteiger partial charge is 0.504 e. The molecule has 61 heavy (non-hydrogen) atoms. The molecule has 15 nitrogen and oxygen atoms in total. The molecule has 0 saturated carbocycles. The van der Waals surface area contributed by atoms with E-state index in [0.717, 1.165) is 42.4 Å². The van der Waals surface area contributed by atoms with Crippen molar-refractivity contribution in [1.82, 2.24) is 15.1 Å². The first-order chi connectivity index (χ1) is 29.4. The number of benzene rings is 3. The van der Waals surface area contributed by atoms with Crippen molar-refractivity contribution in [2.75, 3.05) is 60.6 Å². The minimum Gasteiger partial charge on any atom is -0.504 e. The highest BCUT2D eigenvalue weighted by Crippen LogP contribution is 2.67. The number of phenols is 2. The van der Waals surface area contributed by atoms with Crippen LogP contribution in [0.1, 0.15) is 102 Å². The molecule has 3 unspecified atom stereocenters. The van der Waals surface area contributed by atoms with Crippen molar-refractivity contribution < 1.29 is 58.1 Å². The molecular formula is C45H55N3O12S. The molecule has 0 aromatic heterocycles. The molecule has 7 atom stereocenters. The summed E-state index contributed by atoms with van der Waals surface area (Å²) in [5, 5.41) is 39.1. The van der Waals surface area contributed by atoms with E-state index < -0.39 is 46.6 Å². The van der Waals surface area contributed by atoms with Gasteiger partial charge in [-0.2, -0.15) is 0 Å². The fraction of sp³-hybridized carbons (Fsp3) is 0.556. The summed E-state index contributed by atoms with van der Waals surface area (Å²) >= 11 is 1.45. The van der Waals surface area contributed by atoms with Gasteiger partial charge in [-0.3, -0.25) is 19.9 Å². The SMILES string of the molecule is CCCCCCCC(=O)Oc1c(OC)c2c(c3c1[C@H]1SC[C@]4(NCCc5cc(O)c(OC)cc54)C(=O)OC[C@@H]3N3[C@@H]1C1c4c(cc(C)c(OC)c4O)CC3(O)CN1C)OCO2. The Labute approximate surface area is 359 Å². The highest BCUT2D eigenvalue weighted by Gasteiger charge is 2.64. The zero-order valence-electron chi connectivity index (χ0n) is 35.6. The summed E-state index contributed by atoms with van der Waals surface area (Å²) in [6.45, 7) is 4.27. The Morgan fingerprint density at radius 1 is 0.951 bits per heavy atom. The Kier molecular flexibility index (Phi) is 10.9. The van der Waals surface area contributed by atoms with Crippen LogP contribution in [-0.4, -0.2) is 109 Å². The number of fused-ring (bicyclic) bond motifs is 6. The van der Waals surface area contributed by atoms with Crippen molar-refractivity contribution in [3.05, 3.63) is 57.1 Å². The van der Waals surface area contributed by atoms with Crippen LogP contribution in [0.15, 0.2) is 18.2 Å². The van der Waals surface area contributed by atoms with E-state index in [0.29, 0.717) is 53.1 Å². The third kappa shape index (κ3) is 6.46. The average molecular weight is 862 g/mol. The first-order valence-corrected chi connectivity index (χ1v) is 22.2. The van der Waals surface area contributed by atoms with Crippen LogP contribution in [0, 0.1) is 6.92 Å². The molecule has 3 aromatic rings. The molecule has 2 fully saturated rings.